The molecule has 0 radical (unpaired) electrons. The highest BCUT2D eigenvalue weighted by Crippen LogP contribution is 2.26. The summed E-state index contributed by atoms with van der Waals surface area (Å²) in [7, 11) is 0. The van der Waals surface area contributed by atoms with Crippen molar-refractivity contribution < 1.29 is 9.53 Å². The van der Waals surface area contributed by atoms with Gasteiger partial charge < -0.3 is 15.8 Å². The monoisotopic (exact) mass is 296 g/mol. The Labute approximate surface area is 125 Å². The second-order valence-electron chi connectivity index (χ2n) is 4.73. The van der Waals surface area contributed by atoms with Gasteiger partial charge >= 0.3 is 0 Å². The van der Waals surface area contributed by atoms with Gasteiger partial charge in [-0.1, -0.05) is 13.0 Å². The van der Waals surface area contributed by atoms with Crippen molar-refractivity contribution >= 4 is 23.4 Å². The molecule has 0 fully saturated rings. The van der Waals surface area contributed by atoms with Gasteiger partial charge in [-0.2, -0.15) is 11.8 Å². The Morgan fingerprint density at radius 1 is 1.50 bits per heavy atom. The van der Waals surface area contributed by atoms with E-state index in [4.69, 9.17) is 10.5 Å². The van der Waals surface area contributed by atoms with Gasteiger partial charge in [-0.25, -0.2) is 0 Å². The fourth-order valence-corrected chi connectivity index (χ4v) is 2.16. The predicted molar refractivity (Wildman–Crippen MR) is 86.6 cm³/mol. The molecule has 0 saturated heterocycles. The molecule has 112 valence electrons. The normalized spacial score (nSPS) is 12.0. The number of nitrogens with two attached hydrogens (primary N) is 1. The number of hydrogen-bond donors (Lipinski definition) is 2. The maximum Gasteiger partial charge on any atom is 0.241 e. The maximum atomic E-state index is 12.0. The maximum absolute atomic E-state index is 12.0. The van der Waals surface area contributed by atoms with Crippen LogP contribution in [0.1, 0.15) is 25.3 Å². The summed E-state index contributed by atoms with van der Waals surface area (Å²) in [4.78, 5) is 12.0. The largest absolute Gasteiger partial charge is 0.491 e. The Morgan fingerprint density at radius 2 is 2.25 bits per heavy atom. The van der Waals surface area contributed by atoms with Crippen molar-refractivity contribution in [3.05, 3.63) is 23.8 Å². The van der Waals surface area contributed by atoms with Gasteiger partial charge in [0.15, 0.2) is 0 Å². The Morgan fingerprint density at radius 3 is 2.90 bits per heavy atom. The molecule has 5 heteroatoms. The Bertz CT molecular complexity index is 438. The number of nitrogens with one attached hydrogen (secondary N) is 1. The fourth-order valence-electron chi connectivity index (χ4n) is 1.67. The molecular formula is C15H24N2O2S. The van der Waals surface area contributed by atoms with E-state index in [0.29, 0.717) is 24.5 Å². The third kappa shape index (κ3) is 5.43. The molecule has 1 amide bonds. The van der Waals surface area contributed by atoms with E-state index in [-0.39, 0.29) is 5.91 Å². The smallest absolute Gasteiger partial charge is 0.241 e. The topological polar surface area (TPSA) is 64.3 Å². The first-order chi connectivity index (χ1) is 9.58. The van der Waals surface area contributed by atoms with E-state index in [1.165, 1.54) is 0 Å². The molecule has 0 bridgehead atoms. The van der Waals surface area contributed by atoms with E-state index in [1.807, 2.05) is 38.3 Å². The molecule has 0 aromatic heterocycles. The molecule has 0 spiro atoms. The summed E-state index contributed by atoms with van der Waals surface area (Å²) < 4.78 is 5.67. The predicted octanol–water partition coefficient (Wildman–Crippen LogP) is 2.80. The summed E-state index contributed by atoms with van der Waals surface area (Å²) in [6.07, 6.45) is 3.60. The molecule has 0 aliphatic rings. The Balaban J connectivity index is 2.72. The number of hydrogen-bond acceptors (Lipinski definition) is 4. The van der Waals surface area contributed by atoms with Gasteiger partial charge in [-0.3, -0.25) is 4.79 Å². The van der Waals surface area contributed by atoms with Crippen LogP contribution >= 0.6 is 11.8 Å². The summed E-state index contributed by atoms with van der Waals surface area (Å²) >= 11 is 1.69. The number of thioether (sulfide) groups is 1. The van der Waals surface area contributed by atoms with Crippen molar-refractivity contribution in [2.24, 2.45) is 5.73 Å². The summed E-state index contributed by atoms with van der Waals surface area (Å²) in [5.74, 6) is 1.42. The van der Waals surface area contributed by atoms with Crippen molar-refractivity contribution in [3.8, 4) is 5.75 Å². The van der Waals surface area contributed by atoms with E-state index in [1.54, 1.807) is 11.8 Å². The number of carbonyl (C=O) groups is 1. The summed E-state index contributed by atoms with van der Waals surface area (Å²) in [5.41, 5.74) is 7.65. The molecule has 1 aromatic carbocycles. The Kier molecular flexibility index (Phi) is 7.47. The van der Waals surface area contributed by atoms with Crippen LogP contribution in [0.3, 0.4) is 0 Å². The average molecular weight is 296 g/mol. The summed E-state index contributed by atoms with van der Waals surface area (Å²) in [6, 6.07) is 5.25. The fraction of sp³-hybridized carbons (Fsp3) is 0.533. The number of rotatable bonds is 8. The van der Waals surface area contributed by atoms with Crippen molar-refractivity contribution in [1.82, 2.24) is 0 Å². The minimum absolute atomic E-state index is 0.163. The highest BCUT2D eigenvalue weighted by molar-refractivity contribution is 7.98. The van der Waals surface area contributed by atoms with Crippen LogP contribution < -0.4 is 15.8 Å². The minimum Gasteiger partial charge on any atom is -0.491 e. The van der Waals surface area contributed by atoms with Crippen molar-refractivity contribution in [3.63, 3.8) is 0 Å². The number of benzene rings is 1. The molecule has 0 aliphatic heterocycles. The first-order valence-electron chi connectivity index (χ1n) is 6.87. The van der Waals surface area contributed by atoms with E-state index < -0.39 is 6.04 Å². The van der Waals surface area contributed by atoms with Crippen LogP contribution in [0.15, 0.2) is 18.2 Å². The lowest BCUT2D eigenvalue weighted by molar-refractivity contribution is -0.117. The lowest BCUT2D eigenvalue weighted by atomic mass is 10.2. The van der Waals surface area contributed by atoms with Gasteiger partial charge in [0.2, 0.25) is 5.91 Å². The number of anilines is 1. The van der Waals surface area contributed by atoms with Crippen LogP contribution in [0.5, 0.6) is 5.75 Å². The number of aryl methyl sites for hydroxylation is 1. The molecule has 1 rings (SSSR count). The SMILES string of the molecule is CCCOc1cc(C)ccc1NC(=O)[C@H](N)CCSC. The first kappa shape index (κ1) is 16.9. The van der Waals surface area contributed by atoms with Gasteiger partial charge in [-0.05, 0) is 49.5 Å². The molecule has 20 heavy (non-hydrogen) atoms. The van der Waals surface area contributed by atoms with Gasteiger partial charge in [-0.15, -0.1) is 0 Å². The second-order valence-corrected chi connectivity index (χ2v) is 5.71. The van der Waals surface area contributed by atoms with Crippen LogP contribution in [0.25, 0.3) is 0 Å². The number of amides is 1. The zero-order valence-corrected chi connectivity index (χ0v) is 13.3. The standard InChI is InChI=1S/C15H24N2O2S/c1-4-8-19-14-10-11(2)5-6-13(14)17-15(18)12(16)7-9-20-3/h5-6,10,12H,4,7-9,16H2,1-3H3,(H,17,18)/t12-/m1/s1. The molecule has 1 aromatic rings. The van der Waals surface area contributed by atoms with E-state index >= 15 is 0 Å². The molecular weight excluding hydrogens is 272 g/mol. The lowest BCUT2D eigenvalue weighted by Gasteiger charge is -2.15. The van der Waals surface area contributed by atoms with E-state index in [9.17, 15) is 4.79 Å². The molecule has 4 nitrogen and oxygen atoms in total. The third-order valence-electron chi connectivity index (χ3n) is 2.83. The molecule has 3 N–H and O–H groups in total. The Hall–Kier alpha value is -1.20. The number of carbonyl (C=O) groups excluding carboxylic acids is 1. The highest BCUT2D eigenvalue weighted by Gasteiger charge is 2.15. The highest BCUT2D eigenvalue weighted by atomic mass is 32.2. The number of ether oxygens (including phenoxy) is 1. The van der Waals surface area contributed by atoms with Crippen LogP contribution in [0.4, 0.5) is 5.69 Å². The van der Waals surface area contributed by atoms with E-state index in [2.05, 4.69) is 5.32 Å². The van der Waals surface area contributed by atoms with Crippen molar-refractivity contribution in [2.75, 3.05) is 23.9 Å². The lowest BCUT2D eigenvalue weighted by Crippen LogP contribution is -2.36. The zero-order chi connectivity index (χ0) is 15.0. The minimum atomic E-state index is -0.484. The zero-order valence-electron chi connectivity index (χ0n) is 12.4. The molecule has 0 saturated carbocycles. The van der Waals surface area contributed by atoms with Crippen LogP contribution in [-0.2, 0) is 4.79 Å². The molecule has 0 heterocycles. The van der Waals surface area contributed by atoms with Crippen molar-refractivity contribution in [2.45, 2.75) is 32.7 Å². The summed E-state index contributed by atoms with van der Waals surface area (Å²) in [5, 5.41) is 2.86. The van der Waals surface area contributed by atoms with Crippen LogP contribution in [0, 0.1) is 6.92 Å². The first-order valence-corrected chi connectivity index (χ1v) is 8.26. The molecule has 0 unspecified atom stereocenters. The van der Waals surface area contributed by atoms with Crippen LogP contribution in [0.2, 0.25) is 0 Å². The van der Waals surface area contributed by atoms with Crippen LogP contribution in [-0.4, -0.2) is 30.6 Å². The van der Waals surface area contributed by atoms with Gasteiger partial charge in [0, 0.05) is 0 Å². The molecule has 1 atom stereocenters. The van der Waals surface area contributed by atoms with Crippen molar-refractivity contribution in [1.29, 1.82) is 0 Å². The van der Waals surface area contributed by atoms with Gasteiger partial charge in [0.25, 0.3) is 0 Å². The van der Waals surface area contributed by atoms with Gasteiger partial charge in [0.05, 0.1) is 18.3 Å². The average Bonchev–Trinajstić information content (AvgIpc) is 2.44. The second kappa shape index (κ2) is 8.87. The summed E-state index contributed by atoms with van der Waals surface area (Å²) in [6.45, 7) is 4.67. The third-order valence-corrected chi connectivity index (χ3v) is 3.47. The quantitative estimate of drug-likeness (QED) is 0.774. The molecule has 0 aliphatic carbocycles. The van der Waals surface area contributed by atoms with Gasteiger partial charge in [0.1, 0.15) is 5.75 Å². The van der Waals surface area contributed by atoms with E-state index in [0.717, 1.165) is 17.7 Å².